The summed E-state index contributed by atoms with van der Waals surface area (Å²) in [7, 11) is 0. The molecule has 4 unspecified atom stereocenters. The molecular formula is C33H39F. The lowest BCUT2D eigenvalue weighted by molar-refractivity contribution is 0.114. The van der Waals surface area contributed by atoms with E-state index >= 15 is 4.39 Å². The molecule has 34 heavy (non-hydrogen) atoms. The van der Waals surface area contributed by atoms with E-state index in [1.54, 1.807) is 6.07 Å². The van der Waals surface area contributed by atoms with Crippen LogP contribution in [-0.2, 0) is 6.42 Å². The zero-order chi connectivity index (χ0) is 23.8. The Morgan fingerprint density at radius 2 is 1.65 bits per heavy atom. The summed E-state index contributed by atoms with van der Waals surface area (Å²) in [6.45, 7) is 5.93. The average Bonchev–Trinajstić information content (AvgIpc) is 2.87. The van der Waals surface area contributed by atoms with Gasteiger partial charge in [-0.1, -0.05) is 54.7 Å². The molecular weight excluding hydrogens is 415 g/mol. The van der Waals surface area contributed by atoms with Crippen LogP contribution < -0.4 is 0 Å². The van der Waals surface area contributed by atoms with Gasteiger partial charge < -0.3 is 0 Å². The molecule has 4 atom stereocenters. The SMILES string of the molecule is C=CCCC1CCC2CC(c3ccc(C#Cc4ccc(CC/C=C/C)cc4)cc3F)CCC2C1. The number of halogens is 1. The summed E-state index contributed by atoms with van der Waals surface area (Å²) in [5.74, 6) is 9.15. The Kier molecular flexibility index (Phi) is 8.81. The molecule has 4 rings (SSSR count). The van der Waals surface area contributed by atoms with Gasteiger partial charge in [-0.3, -0.25) is 0 Å². The summed E-state index contributed by atoms with van der Waals surface area (Å²) in [6.07, 6.45) is 18.5. The maximum atomic E-state index is 15.1. The quantitative estimate of drug-likeness (QED) is 0.289. The Hall–Kier alpha value is -2.59. The van der Waals surface area contributed by atoms with E-state index in [1.165, 1.54) is 37.7 Å². The zero-order valence-corrected chi connectivity index (χ0v) is 20.7. The van der Waals surface area contributed by atoms with Crippen molar-refractivity contribution in [2.45, 2.75) is 77.0 Å². The van der Waals surface area contributed by atoms with Gasteiger partial charge in [-0.2, -0.15) is 0 Å². The summed E-state index contributed by atoms with van der Waals surface area (Å²) in [4.78, 5) is 0. The van der Waals surface area contributed by atoms with Crippen molar-refractivity contribution in [3.63, 3.8) is 0 Å². The minimum atomic E-state index is -0.0748. The summed E-state index contributed by atoms with van der Waals surface area (Å²) in [6, 6.07) is 14.1. The van der Waals surface area contributed by atoms with Crippen LogP contribution in [0.1, 0.15) is 92.9 Å². The molecule has 0 aliphatic heterocycles. The van der Waals surface area contributed by atoms with E-state index in [-0.39, 0.29) is 5.82 Å². The third kappa shape index (κ3) is 6.50. The van der Waals surface area contributed by atoms with Crippen molar-refractivity contribution < 1.29 is 4.39 Å². The molecule has 0 saturated heterocycles. The topological polar surface area (TPSA) is 0 Å². The van der Waals surface area contributed by atoms with Gasteiger partial charge in [-0.05, 0) is 124 Å². The van der Waals surface area contributed by atoms with E-state index in [0.717, 1.165) is 66.5 Å². The average molecular weight is 455 g/mol. The third-order valence-electron chi connectivity index (χ3n) is 8.08. The number of allylic oxidation sites excluding steroid dienone is 3. The number of fused-ring (bicyclic) bond motifs is 1. The highest BCUT2D eigenvalue weighted by Gasteiger charge is 2.36. The molecule has 2 fully saturated rings. The highest BCUT2D eigenvalue weighted by molar-refractivity contribution is 5.45. The van der Waals surface area contributed by atoms with Gasteiger partial charge in [0, 0.05) is 11.1 Å². The molecule has 178 valence electrons. The van der Waals surface area contributed by atoms with Crippen molar-refractivity contribution >= 4 is 0 Å². The molecule has 0 aromatic heterocycles. The number of benzene rings is 2. The van der Waals surface area contributed by atoms with Gasteiger partial charge in [-0.25, -0.2) is 4.39 Å². The fraction of sp³-hybridized carbons (Fsp3) is 0.455. The van der Waals surface area contributed by atoms with Crippen LogP contribution in [0.2, 0.25) is 0 Å². The van der Waals surface area contributed by atoms with Gasteiger partial charge in [0.1, 0.15) is 5.82 Å². The smallest absolute Gasteiger partial charge is 0.127 e. The van der Waals surface area contributed by atoms with E-state index in [1.807, 2.05) is 12.1 Å². The summed E-state index contributed by atoms with van der Waals surface area (Å²) in [5.41, 5.74) is 3.96. The summed E-state index contributed by atoms with van der Waals surface area (Å²) in [5, 5.41) is 0. The van der Waals surface area contributed by atoms with Gasteiger partial charge in [0.25, 0.3) is 0 Å². The third-order valence-corrected chi connectivity index (χ3v) is 8.08. The molecule has 0 radical (unpaired) electrons. The fourth-order valence-corrected chi connectivity index (χ4v) is 6.14. The first-order valence-electron chi connectivity index (χ1n) is 13.3. The van der Waals surface area contributed by atoms with Crippen molar-refractivity contribution in [1.82, 2.24) is 0 Å². The van der Waals surface area contributed by atoms with Crippen molar-refractivity contribution in [2.24, 2.45) is 17.8 Å². The van der Waals surface area contributed by atoms with Crippen LogP contribution in [0.5, 0.6) is 0 Å². The first-order valence-corrected chi connectivity index (χ1v) is 13.3. The lowest BCUT2D eigenvalue weighted by atomic mass is 9.63. The van der Waals surface area contributed by atoms with Crippen molar-refractivity contribution in [2.75, 3.05) is 0 Å². The second-order valence-electron chi connectivity index (χ2n) is 10.4. The van der Waals surface area contributed by atoms with Crippen molar-refractivity contribution in [1.29, 1.82) is 0 Å². The monoisotopic (exact) mass is 454 g/mol. The highest BCUT2D eigenvalue weighted by atomic mass is 19.1. The minimum absolute atomic E-state index is 0.0748. The Bertz CT molecular complexity index is 1030. The predicted molar refractivity (Wildman–Crippen MR) is 142 cm³/mol. The van der Waals surface area contributed by atoms with Crippen LogP contribution in [0.4, 0.5) is 4.39 Å². The van der Waals surface area contributed by atoms with Crippen LogP contribution in [0.3, 0.4) is 0 Å². The molecule has 0 spiro atoms. The first kappa shape index (κ1) is 24.5. The molecule has 0 amide bonds. The molecule has 2 aromatic rings. The van der Waals surface area contributed by atoms with E-state index in [4.69, 9.17) is 0 Å². The van der Waals surface area contributed by atoms with Crippen LogP contribution in [0.25, 0.3) is 0 Å². The fourth-order valence-electron chi connectivity index (χ4n) is 6.14. The Morgan fingerprint density at radius 3 is 2.41 bits per heavy atom. The molecule has 2 saturated carbocycles. The van der Waals surface area contributed by atoms with E-state index < -0.39 is 0 Å². The van der Waals surface area contributed by atoms with E-state index in [2.05, 4.69) is 67.8 Å². The predicted octanol–water partition coefficient (Wildman–Crippen LogP) is 9.00. The largest absolute Gasteiger partial charge is 0.207 e. The minimum Gasteiger partial charge on any atom is -0.207 e. The van der Waals surface area contributed by atoms with Gasteiger partial charge in [-0.15, -0.1) is 6.58 Å². The van der Waals surface area contributed by atoms with Gasteiger partial charge >= 0.3 is 0 Å². The van der Waals surface area contributed by atoms with E-state index in [9.17, 15) is 0 Å². The second kappa shape index (κ2) is 12.2. The highest BCUT2D eigenvalue weighted by Crippen LogP contribution is 2.48. The Morgan fingerprint density at radius 1 is 0.912 bits per heavy atom. The molecule has 0 nitrogen and oxygen atoms in total. The summed E-state index contributed by atoms with van der Waals surface area (Å²) < 4.78 is 15.1. The van der Waals surface area contributed by atoms with Crippen molar-refractivity contribution in [3.05, 3.63) is 95.3 Å². The molecule has 2 aromatic carbocycles. The van der Waals surface area contributed by atoms with Crippen molar-refractivity contribution in [3.8, 4) is 11.8 Å². The van der Waals surface area contributed by atoms with Gasteiger partial charge in [0.05, 0.1) is 0 Å². The maximum Gasteiger partial charge on any atom is 0.127 e. The lowest BCUT2D eigenvalue weighted by Gasteiger charge is -2.42. The molecule has 1 heteroatoms. The Balaban J connectivity index is 1.35. The summed E-state index contributed by atoms with van der Waals surface area (Å²) >= 11 is 0. The van der Waals surface area contributed by atoms with Crippen LogP contribution in [0, 0.1) is 35.4 Å². The molecule has 0 N–H and O–H groups in total. The van der Waals surface area contributed by atoms with Gasteiger partial charge in [0.2, 0.25) is 0 Å². The van der Waals surface area contributed by atoms with Crippen LogP contribution in [0.15, 0.2) is 67.3 Å². The molecule has 2 aliphatic carbocycles. The lowest BCUT2D eigenvalue weighted by Crippen LogP contribution is -2.30. The van der Waals surface area contributed by atoms with Gasteiger partial charge in [0.15, 0.2) is 0 Å². The zero-order valence-electron chi connectivity index (χ0n) is 20.7. The number of rotatable bonds is 7. The number of aryl methyl sites for hydroxylation is 1. The Labute approximate surface area is 206 Å². The number of hydrogen-bond donors (Lipinski definition) is 0. The number of hydrogen-bond acceptors (Lipinski definition) is 0. The normalized spacial score (nSPS) is 24.3. The van der Waals surface area contributed by atoms with E-state index in [0.29, 0.717) is 5.92 Å². The first-order chi connectivity index (χ1) is 16.7. The standard InChI is InChI=1S/C33H39F/c1-3-5-7-9-25-10-12-26(13-11-25)14-15-28-17-21-32(33(34)23-28)31-20-19-29-22-27(8-6-4-2)16-18-30(29)24-31/h3-5,10-13,17,21,23,27,29-31H,2,6-9,16,18-20,22,24H2,1H3/b5-3+. The molecule has 0 bridgehead atoms. The van der Waals surface area contributed by atoms with Crippen LogP contribution >= 0.6 is 0 Å². The molecule has 0 heterocycles. The maximum absolute atomic E-state index is 15.1. The van der Waals surface area contributed by atoms with Crippen LogP contribution in [-0.4, -0.2) is 0 Å². The molecule has 2 aliphatic rings. The second-order valence-corrected chi connectivity index (χ2v) is 10.4.